The van der Waals surface area contributed by atoms with Gasteiger partial charge in [0.1, 0.15) is 29.8 Å². The number of fused-ring (bicyclic) bond motifs is 2. The number of ether oxygens (including phenoxy) is 3. The second-order valence-electron chi connectivity index (χ2n) is 18.3. The number of nitrogens with zero attached hydrogens (tertiary/aromatic N) is 13. The standard InChI is InChI=1S/C24H27ClN8O3.C24H29ClN8O.C4H8O.CH4/c1-30(2)8-9-31(3)20-12-22(36-5)18(11-21(20)33(34)35)28-24-27-14-26-23(29-24)17-13-32(4)19-7-6-15(25)10-16(17)19;1-31(2)8-9-32(3)21-12-22(34-5)19(11-18(21)26)29-24-28-14-27-23(30-24)17-13-33(4)20-7-6-15(25)10-16(17)20;1-2-4-5-3-1;/h6-7,10-14H,8-9H2,1-5H3,(H,26,27,28,29);6-7,10-14H,8-9,26H2,1-5H3,(H,27,28,29,30);1-4H2;1H4. The molecule has 4 N–H and O–H groups in total. The molecule has 0 radical (unpaired) electrons. The second-order valence-corrected chi connectivity index (χ2v) is 19.2. The van der Waals surface area contributed by atoms with E-state index in [1.54, 1.807) is 13.2 Å². The van der Waals surface area contributed by atoms with Gasteiger partial charge in [-0.05, 0) is 83.5 Å². The van der Waals surface area contributed by atoms with Crippen molar-refractivity contribution in [3.63, 3.8) is 0 Å². The molecule has 0 atom stereocenters. The number of nitro groups is 1. The number of aromatic nitrogens is 8. The van der Waals surface area contributed by atoms with Gasteiger partial charge in [-0.3, -0.25) is 10.1 Å². The maximum atomic E-state index is 11.9. The third-order valence-corrected chi connectivity index (χ3v) is 12.7. The summed E-state index contributed by atoms with van der Waals surface area (Å²) < 4.78 is 20.1. The first-order valence-electron chi connectivity index (χ1n) is 24.0. The Morgan fingerprint density at radius 2 is 1.12 bits per heavy atom. The number of methoxy groups -OCH3 is 2. The van der Waals surface area contributed by atoms with E-state index >= 15 is 0 Å². The summed E-state index contributed by atoms with van der Waals surface area (Å²) >= 11 is 12.5. The van der Waals surface area contributed by atoms with Crippen LogP contribution < -0.4 is 35.6 Å². The number of hydrogen-bond acceptors (Lipinski definition) is 18. The summed E-state index contributed by atoms with van der Waals surface area (Å²) in [5.74, 6) is 2.65. The van der Waals surface area contributed by atoms with Crippen molar-refractivity contribution in [3.8, 4) is 34.3 Å². The smallest absolute Gasteiger partial charge is 0.294 e. The quantitative estimate of drug-likeness (QED) is 0.0439. The van der Waals surface area contributed by atoms with Gasteiger partial charge < -0.3 is 59.3 Å². The Bertz CT molecular complexity index is 3250. The number of aryl methyl sites for hydroxylation is 2. The van der Waals surface area contributed by atoms with Crippen molar-refractivity contribution in [3.05, 3.63) is 106 Å². The Kier molecular flexibility index (Phi) is 20.0. The molecular weight excluding hydrogens is 1010 g/mol. The zero-order chi connectivity index (χ0) is 53.9. The van der Waals surface area contributed by atoms with E-state index in [1.165, 1.54) is 38.7 Å². The van der Waals surface area contributed by atoms with Crippen LogP contribution in [0.3, 0.4) is 0 Å². The van der Waals surface area contributed by atoms with Crippen LogP contribution in [0.15, 0.2) is 85.7 Å². The number of halogens is 2. The molecule has 0 amide bonds. The number of hydrogen-bond donors (Lipinski definition) is 3. The molecule has 404 valence electrons. The average molecular weight is 1080 g/mol. The molecule has 0 spiro atoms. The number of likely N-dealkylation sites (N-methyl/N-ethyl adjacent to an activating group) is 4. The fraction of sp³-hybridized carbons (Fsp3) is 0.358. The summed E-state index contributed by atoms with van der Waals surface area (Å²) in [7, 11) is 18.8. The Balaban J connectivity index is 0.000000223. The number of anilines is 7. The monoisotopic (exact) mass is 1080 g/mol. The molecule has 0 aliphatic carbocycles. The van der Waals surface area contributed by atoms with Crippen molar-refractivity contribution >= 4 is 91.0 Å². The molecule has 9 rings (SSSR count). The third-order valence-electron chi connectivity index (χ3n) is 12.3. The van der Waals surface area contributed by atoms with Crippen LogP contribution in [-0.2, 0) is 18.8 Å². The van der Waals surface area contributed by atoms with Crippen molar-refractivity contribution in [1.29, 1.82) is 0 Å². The van der Waals surface area contributed by atoms with E-state index in [0.717, 1.165) is 71.5 Å². The Morgan fingerprint density at radius 1 is 0.671 bits per heavy atom. The van der Waals surface area contributed by atoms with Gasteiger partial charge in [0.2, 0.25) is 11.9 Å². The molecule has 0 unspecified atom stereocenters. The lowest BCUT2D eigenvalue weighted by Gasteiger charge is -2.24. The molecule has 1 aliphatic rings. The van der Waals surface area contributed by atoms with E-state index in [-0.39, 0.29) is 19.1 Å². The molecule has 0 bridgehead atoms. The maximum Gasteiger partial charge on any atom is 0.294 e. The van der Waals surface area contributed by atoms with Crippen LogP contribution in [0.1, 0.15) is 20.3 Å². The molecule has 1 aliphatic heterocycles. The molecule has 23 heteroatoms. The van der Waals surface area contributed by atoms with Gasteiger partial charge in [-0.2, -0.15) is 9.97 Å². The van der Waals surface area contributed by atoms with Crippen LogP contribution in [0.4, 0.5) is 46.0 Å². The van der Waals surface area contributed by atoms with Gasteiger partial charge in [-0.25, -0.2) is 19.9 Å². The molecule has 1 saturated heterocycles. The number of benzene rings is 4. The minimum absolute atomic E-state index is 0. The first-order chi connectivity index (χ1) is 35.9. The lowest BCUT2D eigenvalue weighted by atomic mass is 10.1. The first kappa shape index (κ1) is 57.7. The predicted octanol–water partition coefficient (Wildman–Crippen LogP) is 9.79. The maximum absolute atomic E-state index is 11.9. The summed E-state index contributed by atoms with van der Waals surface area (Å²) in [6.45, 7) is 5.09. The van der Waals surface area contributed by atoms with Crippen molar-refractivity contribution in [1.82, 2.24) is 48.8 Å². The number of nitrogens with one attached hydrogen (secondary N) is 2. The van der Waals surface area contributed by atoms with Crippen LogP contribution >= 0.6 is 23.2 Å². The van der Waals surface area contributed by atoms with Crippen LogP contribution in [0.5, 0.6) is 11.5 Å². The largest absolute Gasteiger partial charge is 0.494 e. The second kappa shape index (κ2) is 26.3. The lowest BCUT2D eigenvalue weighted by Crippen LogP contribution is -2.29. The van der Waals surface area contributed by atoms with Gasteiger partial charge >= 0.3 is 0 Å². The fourth-order valence-corrected chi connectivity index (χ4v) is 8.55. The van der Waals surface area contributed by atoms with Gasteiger partial charge in [-0.1, -0.05) is 30.6 Å². The summed E-state index contributed by atoms with van der Waals surface area (Å²) in [5.41, 5.74) is 13.0. The van der Waals surface area contributed by atoms with Crippen LogP contribution in [0, 0.1) is 10.1 Å². The molecular formula is C53H68Cl2N16O5. The zero-order valence-electron chi connectivity index (χ0n) is 43.9. The number of nitrogens with two attached hydrogens (primary N) is 1. The highest BCUT2D eigenvalue weighted by atomic mass is 35.5. The van der Waals surface area contributed by atoms with Gasteiger partial charge in [0.15, 0.2) is 11.6 Å². The van der Waals surface area contributed by atoms with Crippen LogP contribution in [0.2, 0.25) is 10.0 Å². The molecule has 4 aromatic carbocycles. The number of nitrogen functional groups attached to an aromatic ring is 1. The van der Waals surface area contributed by atoms with E-state index < -0.39 is 4.92 Å². The summed E-state index contributed by atoms with van der Waals surface area (Å²) in [6, 6.07) is 18.2. The van der Waals surface area contributed by atoms with E-state index in [9.17, 15) is 10.1 Å². The molecule has 21 nitrogen and oxygen atoms in total. The van der Waals surface area contributed by atoms with Crippen molar-refractivity contribution < 1.29 is 19.1 Å². The molecule has 8 aromatic rings. The Labute approximate surface area is 453 Å². The highest BCUT2D eigenvalue weighted by molar-refractivity contribution is 6.32. The van der Waals surface area contributed by atoms with E-state index in [4.69, 9.17) is 43.1 Å². The predicted molar refractivity (Wildman–Crippen MR) is 308 cm³/mol. The Hall–Kier alpha value is -7.56. The highest BCUT2D eigenvalue weighted by Crippen LogP contribution is 2.40. The van der Waals surface area contributed by atoms with Crippen molar-refractivity contribution in [2.45, 2.75) is 20.3 Å². The van der Waals surface area contributed by atoms with E-state index in [1.807, 2.05) is 136 Å². The molecule has 4 aromatic heterocycles. The zero-order valence-corrected chi connectivity index (χ0v) is 45.4. The third kappa shape index (κ3) is 14.2. The van der Waals surface area contributed by atoms with Crippen LogP contribution in [-0.4, -0.2) is 150 Å². The molecule has 76 heavy (non-hydrogen) atoms. The summed E-state index contributed by atoms with van der Waals surface area (Å²) in [4.78, 5) is 46.0. The summed E-state index contributed by atoms with van der Waals surface area (Å²) in [6.07, 6.45) is 9.33. The average Bonchev–Trinajstić information content (AvgIpc) is 4.16. The normalized spacial score (nSPS) is 11.9. The minimum Gasteiger partial charge on any atom is -0.494 e. The molecule has 5 heterocycles. The van der Waals surface area contributed by atoms with Crippen LogP contribution in [0.25, 0.3) is 44.6 Å². The minimum atomic E-state index is -0.412. The van der Waals surface area contributed by atoms with Crippen molar-refractivity contribution in [2.24, 2.45) is 14.1 Å². The lowest BCUT2D eigenvalue weighted by molar-refractivity contribution is -0.384. The summed E-state index contributed by atoms with van der Waals surface area (Å²) in [5, 5.41) is 21.3. The van der Waals surface area contributed by atoms with Gasteiger partial charge in [0, 0.05) is 141 Å². The van der Waals surface area contributed by atoms with E-state index in [2.05, 4.69) is 50.3 Å². The van der Waals surface area contributed by atoms with Crippen molar-refractivity contribution in [2.75, 3.05) is 122 Å². The Morgan fingerprint density at radius 3 is 1.54 bits per heavy atom. The molecule has 1 fully saturated rings. The van der Waals surface area contributed by atoms with Gasteiger partial charge in [0.05, 0.1) is 41.9 Å². The van der Waals surface area contributed by atoms with E-state index in [0.29, 0.717) is 68.4 Å². The van der Waals surface area contributed by atoms with Gasteiger partial charge in [-0.15, -0.1) is 0 Å². The number of rotatable bonds is 17. The molecule has 0 saturated carbocycles. The highest BCUT2D eigenvalue weighted by Gasteiger charge is 2.23. The van der Waals surface area contributed by atoms with Gasteiger partial charge in [0.25, 0.3) is 5.69 Å². The topological polar surface area (TPSA) is 221 Å². The number of nitro benzene ring substituents is 1. The SMILES string of the molecule is C.C1CCOC1.COc1cc(N(C)CCN(C)C)c(N)cc1Nc1ncnc(-c2cn(C)c3ccc(Cl)cc23)n1.COc1cc(N(C)CCN(C)C)c([N+](=O)[O-])cc1Nc1ncnc(-c2cn(C)c3ccc(Cl)cc23)n1. The fourth-order valence-electron chi connectivity index (χ4n) is 8.21. The first-order valence-corrected chi connectivity index (χ1v) is 24.8.